The number of hydrogen-bond acceptors (Lipinski definition) is 10. The molecule has 0 radical (unpaired) electrons. The lowest BCUT2D eigenvalue weighted by atomic mass is 9.76. The van der Waals surface area contributed by atoms with Gasteiger partial charge in [-0.3, -0.25) is 4.79 Å². The molecule has 4 heterocycles. The number of nitrogens with two attached hydrogens (primary N) is 1. The summed E-state index contributed by atoms with van der Waals surface area (Å²) >= 11 is 2.87. The predicted octanol–water partition coefficient (Wildman–Crippen LogP) is 3.09. The van der Waals surface area contributed by atoms with Crippen LogP contribution in [0.5, 0.6) is 5.75 Å². The van der Waals surface area contributed by atoms with Crippen LogP contribution in [0.25, 0.3) is 0 Å². The minimum atomic E-state index is -2.96. The first-order chi connectivity index (χ1) is 15.7. The van der Waals surface area contributed by atoms with Crippen LogP contribution in [-0.2, 0) is 15.0 Å². The number of carbonyl (C=O) groups is 1. The lowest BCUT2D eigenvalue weighted by Gasteiger charge is -2.48. The smallest absolute Gasteiger partial charge is 0.387 e. The fraction of sp³-hybridized carbons (Fsp3) is 0.500. The molecule has 1 fully saturated rings. The molecular formula is C20H23F2N5O4S2. The van der Waals surface area contributed by atoms with Crippen LogP contribution in [0.3, 0.4) is 0 Å². The number of nitrogens with zero attached hydrogens (tertiary/aromatic N) is 3. The Balaban J connectivity index is 1.52. The molecule has 13 heteroatoms. The number of carbonyl (C=O) groups excluding carboxylic acids is 1. The number of halogens is 2. The van der Waals surface area contributed by atoms with Crippen molar-refractivity contribution in [2.45, 2.75) is 31.1 Å². The molecule has 0 aromatic carbocycles. The first kappa shape index (κ1) is 23.8. The number of ether oxygens (including phenoxy) is 3. The molecule has 3 N–H and O–H groups in total. The molecule has 2 aliphatic rings. The minimum Gasteiger partial charge on any atom is -0.433 e. The molecule has 3 atom stereocenters. The number of fused-ring (bicyclic) bond motifs is 1. The molecule has 0 aliphatic carbocycles. The average molecular weight is 500 g/mol. The Hall–Kier alpha value is -2.35. The zero-order valence-electron chi connectivity index (χ0n) is 17.9. The van der Waals surface area contributed by atoms with Gasteiger partial charge in [0.15, 0.2) is 5.17 Å². The molecule has 4 rings (SSSR count). The zero-order valence-corrected chi connectivity index (χ0v) is 19.5. The van der Waals surface area contributed by atoms with E-state index in [0.29, 0.717) is 29.2 Å². The van der Waals surface area contributed by atoms with Gasteiger partial charge in [0.05, 0.1) is 25.0 Å². The maximum Gasteiger partial charge on any atom is 0.387 e. The van der Waals surface area contributed by atoms with Crippen molar-refractivity contribution in [1.82, 2.24) is 9.97 Å². The van der Waals surface area contributed by atoms with Gasteiger partial charge in [-0.05, 0) is 25.5 Å². The number of amides is 1. The van der Waals surface area contributed by atoms with E-state index in [1.165, 1.54) is 35.2 Å². The van der Waals surface area contributed by atoms with Gasteiger partial charge in [0.2, 0.25) is 0 Å². The fourth-order valence-electron chi connectivity index (χ4n) is 3.97. The van der Waals surface area contributed by atoms with Gasteiger partial charge < -0.3 is 25.3 Å². The van der Waals surface area contributed by atoms with E-state index in [9.17, 15) is 13.6 Å². The van der Waals surface area contributed by atoms with E-state index in [4.69, 9.17) is 20.2 Å². The first-order valence-corrected chi connectivity index (χ1v) is 11.9. The van der Waals surface area contributed by atoms with Crippen LogP contribution in [0.2, 0.25) is 0 Å². The second-order valence-electron chi connectivity index (χ2n) is 8.01. The number of hydrogen-bond donors (Lipinski definition) is 2. The van der Waals surface area contributed by atoms with E-state index in [1.807, 2.05) is 6.92 Å². The van der Waals surface area contributed by atoms with Crippen molar-refractivity contribution in [2.24, 2.45) is 16.6 Å². The largest absolute Gasteiger partial charge is 0.433 e. The summed E-state index contributed by atoms with van der Waals surface area (Å²) in [4.78, 5) is 25.8. The summed E-state index contributed by atoms with van der Waals surface area (Å²) in [6.07, 6.45) is 1.79. The van der Waals surface area contributed by atoms with Gasteiger partial charge in [-0.25, -0.2) is 15.0 Å². The standard InChI is InChI=1S/C20H23F2N5O4S2/c1-19(9-29-2)5-11-7-33-18(23)27-20(11,10-30-19)16-26-14(8-32-16)25-15(28)13-4-3-12(6-24-13)31-17(21)22/h3-4,6,8,11,17H,5,7,9-10H2,1-2H3,(H2,23,27)(H,25,28)/t11-,19+,20-/m0/s1. The molecule has 178 valence electrons. The zero-order chi connectivity index (χ0) is 23.6. The number of aromatic nitrogens is 2. The van der Waals surface area contributed by atoms with E-state index < -0.39 is 23.7 Å². The van der Waals surface area contributed by atoms with Gasteiger partial charge in [-0.1, -0.05) is 11.8 Å². The lowest BCUT2D eigenvalue weighted by Crippen LogP contribution is -2.55. The average Bonchev–Trinajstić information content (AvgIpc) is 3.23. The Morgan fingerprint density at radius 1 is 1.45 bits per heavy atom. The fourth-order valence-corrected chi connectivity index (χ4v) is 5.93. The normalized spacial score (nSPS) is 27.1. The number of thioether (sulfide) groups is 1. The van der Waals surface area contributed by atoms with E-state index in [-0.39, 0.29) is 17.4 Å². The third-order valence-electron chi connectivity index (χ3n) is 5.50. The van der Waals surface area contributed by atoms with Crippen LogP contribution >= 0.6 is 23.1 Å². The third-order valence-corrected chi connectivity index (χ3v) is 7.46. The maximum absolute atomic E-state index is 12.5. The van der Waals surface area contributed by atoms with Gasteiger partial charge in [-0.15, -0.1) is 11.3 Å². The van der Waals surface area contributed by atoms with Crippen LogP contribution in [-0.4, -0.2) is 59.3 Å². The number of anilines is 1. The SMILES string of the molecule is COC[C@@]1(C)C[C@H]2CSC(N)=N[C@@]2(c2nc(NC(=O)c3ccc(OC(F)F)cn3)cs2)CO1. The quantitative estimate of drug-likeness (QED) is 0.596. The predicted molar refractivity (Wildman–Crippen MR) is 121 cm³/mol. The topological polar surface area (TPSA) is 121 Å². The van der Waals surface area contributed by atoms with E-state index in [2.05, 4.69) is 20.0 Å². The number of pyridine rings is 1. The number of amidine groups is 1. The highest BCUT2D eigenvalue weighted by Gasteiger charge is 2.53. The molecule has 9 nitrogen and oxygen atoms in total. The number of rotatable bonds is 7. The van der Waals surface area contributed by atoms with Crippen molar-refractivity contribution < 1.29 is 27.8 Å². The Labute approximate surface area is 197 Å². The van der Waals surface area contributed by atoms with Crippen molar-refractivity contribution in [3.8, 4) is 5.75 Å². The van der Waals surface area contributed by atoms with Gasteiger partial charge in [0.1, 0.15) is 27.8 Å². The van der Waals surface area contributed by atoms with Crippen LogP contribution in [0, 0.1) is 5.92 Å². The minimum absolute atomic E-state index is 0.0369. The molecule has 1 amide bonds. The summed E-state index contributed by atoms with van der Waals surface area (Å²) in [6, 6.07) is 2.54. The van der Waals surface area contributed by atoms with E-state index in [0.717, 1.165) is 18.4 Å². The summed E-state index contributed by atoms with van der Waals surface area (Å²) < 4.78 is 40.3. The number of methoxy groups -OCH3 is 1. The van der Waals surface area contributed by atoms with Crippen molar-refractivity contribution in [3.05, 3.63) is 34.4 Å². The maximum atomic E-state index is 12.5. The molecule has 2 aromatic rings. The monoisotopic (exact) mass is 499 g/mol. The summed E-state index contributed by atoms with van der Waals surface area (Å²) in [7, 11) is 1.65. The molecule has 0 bridgehead atoms. The number of nitrogens with one attached hydrogen (secondary N) is 1. The molecule has 0 saturated carbocycles. The Morgan fingerprint density at radius 2 is 2.27 bits per heavy atom. The lowest BCUT2D eigenvalue weighted by molar-refractivity contribution is -0.146. The molecule has 0 unspecified atom stereocenters. The Morgan fingerprint density at radius 3 is 2.97 bits per heavy atom. The third kappa shape index (κ3) is 5.10. The summed E-state index contributed by atoms with van der Waals surface area (Å²) in [5, 5.41) is 5.56. The Bertz CT molecular complexity index is 1040. The van der Waals surface area contributed by atoms with Crippen LogP contribution in [0.15, 0.2) is 28.7 Å². The highest BCUT2D eigenvalue weighted by atomic mass is 32.2. The second kappa shape index (κ2) is 9.49. The summed E-state index contributed by atoms with van der Waals surface area (Å²) in [6.45, 7) is -0.178. The second-order valence-corrected chi connectivity index (χ2v) is 9.91. The summed E-state index contributed by atoms with van der Waals surface area (Å²) in [5.41, 5.74) is 4.95. The van der Waals surface area contributed by atoms with Gasteiger partial charge >= 0.3 is 6.61 Å². The van der Waals surface area contributed by atoms with Crippen LogP contribution in [0.1, 0.15) is 28.8 Å². The highest BCUT2D eigenvalue weighted by Crippen LogP contribution is 2.49. The molecule has 33 heavy (non-hydrogen) atoms. The number of aliphatic imine (C=N–C) groups is 1. The Kier molecular flexibility index (Phi) is 6.84. The number of thiazole rings is 1. The number of alkyl halides is 2. The van der Waals surface area contributed by atoms with Gasteiger partial charge in [0.25, 0.3) is 5.91 Å². The van der Waals surface area contributed by atoms with Crippen molar-refractivity contribution >= 4 is 40.0 Å². The highest BCUT2D eigenvalue weighted by molar-refractivity contribution is 8.13. The molecule has 1 saturated heterocycles. The summed E-state index contributed by atoms with van der Waals surface area (Å²) in [5.74, 6) is 0.573. The molecule has 0 spiro atoms. The van der Waals surface area contributed by atoms with E-state index in [1.54, 1.807) is 12.5 Å². The molecular weight excluding hydrogens is 476 g/mol. The van der Waals surface area contributed by atoms with Crippen LogP contribution in [0.4, 0.5) is 14.6 Å². The van der Waals surface area contributed by atoms with Crippen LogP contribution < -0.4 is 15.8 Å². The van der Waals surface area contributed by atoms with Crippen molar-refractivity contribution in [1.29, 1.82) is 0 Å². The molecule has 2 aliphatic heterocycles. The van der Waals surface area contributed by atoms with Crippen molar-refractivity contribution in [3.63, 3.8) is 0 Å². The van der Waals surface area contributed by atoms with Gasteiger partial charge in [-0.2, -0.15) is 8.78 Å². The molecule has 2 aromatic heterocycles. The van der Waals surface area contributed by atoms with Crippen molar-refractivity contribution in [2.75, 3.05) is 31.4 Å². The van der Waals surface area contributed by atoms with Gasteiger partial charge in [0, 0.05) is 24.2 Å². The first-order valence-electron chi connectivity index (χ1n) is 10.0. The van der Waals surface area contributed by atoms with E-state index >= 15 is 0 Å².